The van der Waals surface area contributed by atoms with Crippen molar-refractivity contribution in [3.63, 3.8) is 0 Å². The molecule has 0 aromatic heterocycles. The highest BCUT2D eigenvalue weighted by molar-refractivity contribution is 6.01. The molecule has 27 heavy (non-hydrogen) atoms. The zero-order chi connectivity index (χ0) is 19.9. The van der Waals surface area contributed by atoms with Gasteiger partial charge in [0.15, 0.2) is 18.1 Å². The number of rotatable bonds is 6. The second kappa shape index (κ2) is 8.91. The maximum atomic E-state index is 12.1. The van der Waals surface area contributed by atoms with E-state index >= 15 is 0 Å². The highest BCUT2D eigenvalue weighted by Gasteiger charge is 2.13. The van der Waals surface area contributed by atoms with Crippen molar-refractivity contribution in [3.05, 3.63) is 59.7 Å². The summed E-state index contributed by atoms with van der Waals surface area (Å²) < 4.78 is 10.5. The standard InChI is InChI=1S/C22H24N2O3/c1-22(2,3)17-7-9-18(10-8-17)24-21(25)12-6-16-5-11-19(27-14-13-23)20(15-16)26-4/h5-12,15H,14H2,1-4H3,(H,24,25)/b12-6+. The summed E-state index contributed by atoms with van der Waals surface area (Å²) in [7, 11) is 1.52. The zero-order valence-electron chi connectivity index (χ0n) is 16.1. The van der Waals surface area contributed by atoms with Gasteiger partial charge in [0.25, 0.3) is 0 Å². The number of benzene rings is 2. The van der Waals surface area contributed by atoms with E-state index in [4.69, 9.17) is 14.7 Å². The summed E-state index contributed by atoms with van der Waals surface area (Å²) in [6.07, 6.45) is 3.15. The number of carbonyl (C=O) groups excluding carboxylic acids is 1. The molecular weight excluding hydrogens is 340 g/mol. The number of hydrogen-bond donors (Lipinski definition) is 1. The molecule has 0 radical (unpaired) electrons. The summed E-state index contributed by atoms with van der Waals surface area (Å²) in [5.41, 5.74) is 2.82. The van der Waals surface area contributed by atoms with Crippen LogP contribution in [0, 0.1) is 11.3 Å². The van der Waals surface area contributed by atoms with Gasteiger partial charge in [-0.3, -0.25) is 4.79 Å². The summed E-state index contributed by atoms with van der Waals surface area (Å²) >= 11 is 0. The van der Waals surface area contributed by atoms with Crippen LogP contribution in [-0.4, -0.2) is 19.6 Å². The lowest BCUT2D eigenvalue weighted by Crippen LogP contribution is -2.12. The Morgan fingerprint density at radius 3 is 2.44 bits per heavy atom. The highest BCUT2D eigenvalue weighted by atomic mass is 16.5. The second-order valence-corrected chi connectivity index (χ2v) is 7.01. The quantitative estimate of drug-likeness (QED) is 0.764. The molecule has 2 aromatic rings. The number of nitriles is 1. The van der Waals surface area contributed by atoms with Gasteiger partial charge in [-0.25, -0.2) is 0 Å². The smallest absolute Gasteiger partial charge is 0.248 e. The fourth-order valence-corrected chi connectivity index (χ4v) is 2.43. The van der Waals surface area contributed by atoms with E-state index < -0.39 is 0 Å². The van der Waals surface area contributed by atoms with Crippen molar-refractivity contribution in [1.82, 2.24) is 0 Å². The molecule has 0 bridgehead atoms. The largest absolute Gasteiger partial charge is 0.493 e. The van der Waals surface area contributed by atoms with Gasteiger partial charge in [0.05, 0.1) is 7.11 Å². The van der Waals surface area contributed by atoms with E-state index in [-0.39, 0.29) is 17.9 Å². The van der Waals surface area contributed by atoms with Crippen molar-refractivity contribution in [1.29, 1.82) is 5.26 Å². The Kier molecular flexibility index (Phi) is 6.62. The fourth-order valence-electron chi connectivity index (χ4n) is 2.43. The third-order valence-electron chi connectivity index (χ3n) is 3.93. The molecule has 0 unspecified atom stereocenters. The monoisotopic (exact) mass is 364 g/mol. The lowest BCUT2D eigenvalue weighted by Gasteiger charge is -2.19. The van der Waals surface area contributed by atoms with Gasteiger partial charge in [-0.2, -0.15) is 5.26 Å². The van der Waals surface area contributed by atoms with E-state index in [1.165, 1.54) is 18.7 Å². The highest BCUT2D eigenvalue weighted by Crippen LogP contribution is 2.28. The van der Waals surface area contributed by atoms with Crippen molar-refractivity contribution in [2.75, 3.05) is 19.0 Å². The maximum absolute atomic E-state index is 12.1. The average molecular weight is 364 g/mol. The molecule has 0 saturated heterocycles. The van der Waals surface area contributed by atoms with E-state index in [9.17, 15) is 4.79 Å². The summed E-state index contributed by atoms with van der Waals surface area (Å²) in [5, 5.41) is 11.4. The van der Waals surface area contributed by atoms with Crippen LogP contribution in [0.2, 0.25) is 0 Å². The third-order valence-corrected chi connectivity index (χ3v) is 3.93. The van der Waals surface area contributed by atoms with Gasteiger partial charge in [-0.1, -0.05) is 39.0 Å². The fraction of sp³-hybridized carbons (Fsp3) is 0.273. The molecule has 1 N–H and O–H groups in total. The van der Waals surface area contributed by atoms with Crippen molar-refractivity contribution in [2.24, 2.45) is 0 Å². The lowest BCUT2D eigenvalue weighted by atomic mass is 9.87. The molecule has 0 spiro atoms. The van der Waals surface area contributed by atoms with Crippen LogP contribution in [0.5, 0.6) is 11.5 Å². The van der Waals surface area contributed by atoms with Crippen LogP contribution in [0.15, 0.2) is 48.5 Å². The molecule has 0 fully saturated rings. The minimum Gasteiger partial charge on any atom is -0.493 e. The van der Waals surface area contributed by atoms with Gasteiger partial charge >= 0.3 is 0 Å². The van der Waals surface area contributed by atoms with Crippen LogP contribution in [0.25, 0.3) is 6.08 Å². The van der Waals surface area contributed by atoms with Gasteiger partial charge in [0.1, 0.15) is 6.07 Å². The van der Waals surface area contributed by atoms with Crippen LogP contribution < -0.4 is 14.8 Å². The number of nitrogens with zero attached hydrogens (tertiary/aromatic N) is 1. The normalized spacial score (nSPS) is 11.1. The first-order valence-corrected chi connectivity index (χ1v) is 8.61. The van der Waals surface area contributed by atoms with Crippen LogP contribution in [0.4, 0.5) is 5.69 Å². The first-order valence-electron chi connectivity index (χ1n) is 8.61. The molecule has 2 rings (SSSR count). The van der Waals surface area contributed by atoms with Crippen molar-refractivity contribution in [2.45, 2.75) is 26.2 Å². The molecule has 0 saturated carbocycles. The summed E-state index contributed by atoms with van der Waals surface area (Å²) in [4.78, 5) is 12.1. The Hall–Kier alpha value is -3.26. The molecule has 2 aromatic carbocycles. The minimum absolute atomic E-state index is 0.0536. The van der Waals surface area contributed by atoms with E-state index in [0.29, 0.717) is 11.5 Å². The second-order valence-electron chi connectivity index (χ2n) is 7.01. The number of ether oxygens (including phenoxy) is 2. The van der Waals surface area contributed by atoms with Gasteiger partial charge in [0.2, 0.25) is 5.91 Å². The summed E-state index contributed by atoms with van der Waals surface area (Å²) in [6.45, 7) is 6.39. The van der Waals surface area contributed by atoms with Gasteiger partial charge in [-0.05, 0) is 46.9 Å². The number of hydrogen-bond acceptors (Lipinski definition) is 4. The van der Waals surface area contributed by atoms with E-state index in [0.717, 1.165) is 11.3 Å². The molecule has 0 aliphatic carbocycles. The molecular formula is C22H24N2O3. The van der Waals surface area contributed by atoms with Crippen LogP contribution in [-0.2, 0) is 10.2 Å². The molecule has 5 heteroatoms. The van der Waals surface area contributed by atoms with Crippen LogP contribution in [0.1, 0.15) is 31.9 Å². The van der Waals surface area contributed by atoms with Gasteiger partial charge in [-0.15, -0.1) is 0 Å². The van der Waals surface area contributed by atoms with Crippen molar-refractivity contribution >= 4 is 17.7 Å². The Balaban J connectivity index is 2.03. The van der Waals surface area contributed by atoms with E-state index in [1.807, 2.05) is 30.3 Å². The number of methoxy groups -OCH3 is 1. The van der Waals surface area contributed by atoms with Crippen LogP contribution >= 0.6 is 0 Å². The lowest BCUT2D eigenvalue weighted by molar-refractivity contribution is -0.111. The van der Waals surface area contributed by atoms with Crippen molar-refractivity contribution < 1.29 is 14.3 Å². The van der Waals surface area contributed by atoms with Gasteiger partial charge in [0, 0.05) is 11.8 Å². The Morgan fingerprint density at radius 2 is 1.85 bits per heavy atom. The number of anilines is 1. The van der Waals surface area contributed by atoms with E-state index in [2.05, 4.69) is 26.1 Å². The Morgan fingerprint density at radius 1 is 1.15 bits per heavy atom. The first kappa shape index (κ1) is 20.1. The third kappa shape index (κ3) is 5.89. The SMILES string of the molecule is COc1cc(/C=C/C(=O)Nc2ccc(C(C)(C)C)cc2)ccc1OCC#N. The Labute approximate surface area is 160 Å². The van der Waals surface area contributed by atoms with Crippen LogP contribution in [0.3, 0.4) is 0 Å². The molecule has 0 aliphatic rings. The summed E-state index contributed by atoms with van der Waals surface area (Å²) in [6, 6.07) is 15.0. The predicted molar refractivity (Wildman–Crippen MR) is 107 cm³/mol. The van der Waals surface area contributed by atoms with E-state index in [1.54, 1.807) is 24.3 Å². The molecule has 0 atom stereocenters. The molecule has 0 aliphatic heterocycles. The molecule has 1 amide bonds. The number of carbonyl (C=O) groups is 1. The first-order chi connectivity index (χ1) is 12.8. The topological polar surface area (TPSA) is 71.3 Å². The predicted octanol–water partition coefficient (Wildman–Crippen LogP) is 4.55. The Bertz CT molecular complexity index is 857. The van der Waals surface area contributed by atoms with Gasteiger partial charge < -0.3 is 14.8 Å². The average Bonchev–Trinajstić information content (AvgIpc) is 2.64. The maximum Gasteiger partial charge on any atom is 0.248 e. The zero-order valence-corrected chi connectivity index (χ0v) is 16.1. The number of nitrogens with one attached hydrogen (secondary N) is 1. The molecule has 5 nitrogen and oxygen atoms in total. The summed E-state index contributed by atoms with van der Waals surface area (Å²) in [5.74, 6) is 0.771. The molecule has 0 heterocycles. The van der Waals surface area contributed by atoms with Crippen molar-refractivity contribution in [3.8, 4) is 17.6 Å². The minimum atomic E-state index is -0.220. The number of amides is 1. The molecule has 140 valence electrons.